The minimum atomic E-state index is 0.363. The molecule has 1 saturated heterocycles. The number of hydrogen-bond donors (Lipinski definition) is 0. The number of benzene rings is 1. The van der Waals surface area contributed by atoms with E-state index in [1.165, 1.54) is 38.5 Å². The number of aromatic nitrogens is 2. The van der Waals surface area contributed by atoms with Crippen LogP contribution in [0.1, 0.15) is 38.5 Å². The Balaban J connectivity index is 1.81. The maximum absolute atomic E-state index is 6.17. The summed E-state index contributed by atoms with van der Waals surface area (Å²) in [5, 5.41) is 1.50. The molecule has 0 unspecified atom stereocenters. The van der Waals surface area contributed by atoms with E-state index in [2.05, 4.69) is 27.0 Å². The van der Waals surface area contributed by atoms with Crippen LogP contribution in [0, 0.1) is 5.92 Å². The van der Waals surface area contributed by atoms with Crippen molar-refractivity contribution in [2.75, 3.05) is 11.4 Å². The molecule has 2 aromatic rings. The van der Waals surface area contributed by atoms with Crippen molar-refractivity contribution < 1.29 is 0 Å². The SMILES string of the molecule is Clc1nc(N2CCC[C@H]3CCCC[C@H]32)c2ccccc2n1. The molecule has 2 fully saturated rings. The van der Waals surface area contributed by atoms with Gasteiger partial charge in [0.2, 0.25) is 5.28 Å². The second-order valence-electron chi connectivity index (χ2n) is 6.28. The summed E-state index contributed by atoms with van der Waals surface area (Å²) in [4.78, 5) is 11.5. The lowest BCUT2D eigenvalue weighted by atomic mass is 9.78. The number of nitrogens with zero attached hydrogens (tertiary/aromatic N) is 3. The molecule has 0 bridgehead atoms. The van der Waals surface area contributed by atoms with Crippen LogP contribution in [0.3, 0.4) is 0 Å². The van der Waals surface area contributed by atoms with E-state index in [4.69, 9.17) is 11.6 Å². The molecule has 2 atom stereocenters. The molecule has 1 aromatic carbocycles. The van der Waals surface area contributed by atoms with Crippen molar-refractivity contribution in [2.45, 2.75) is 44.6 Å². The monoisotopic (exact) mass is 301 g/mol. The predicted octanol–water partition coefficient (Wildman–Crippen LogP) is 4.44. The number of piperidine rings is 1. The smallest absolute Gasteiger partial charge is 0.224 e. The molecular formula is C17H20ClN3. The summed E-state index contributed by atoms with van der Waals surface area (Å²) in [6.07, 6.45) is 8.03. The van der Waals surface area contributed by atoms with Gasteiger partial charge in [-0.05, 0) is 55.3 Å². The van der Waals surface area contributed by atoms with Crippen LogP contribution in [-0.4, -0.2) is 22.6 Å². The fraction of sp³-hybridized carbons (Fsp3) is 0.529. The minimum Gasteiger partial charge on any atom is -0.353 e. The summed E-state index contributed by atoms with van der Waals surface area (Å²) in [6, 6.07) is 8.85. The number of anilines is 1. The summed E-state index contributed by atoms with van der Waals surface area (Å²) < 4.78 is 0. The van der Waals surface area contributed by atoms with Gasteiger partial charge in [-0.1, -0.05) is 25.0 Å². The molecule has 1 saturated carbocycles. The molecule has 110 valence electrons. The normalized spacial score (nSPS) is 25.9. The Morgan fingerprint density at radius 1 is 1.00 bits per heavy atom. The van der Waals surface area contributed by atoms with Crippen LogP contribution >= 0.6 is 11.6 Å². The Morgan fingerprint density at radius 2 is 1.81 bits per heavy atom. The van der Waals surface area contributed by atoms with Gasteiger partial charge in [0.25, 0.3) is 0 Å². The predicted molar refractivity (Wildman–Crippen MR) is 86.9 cm³/mol. The van der Waals surface area contributed by atoms with Crippen molar-refractivity contribution >= 4 is 28.3 Å². The molecule has 1 aliphatic heterocycles. The van der Waals surface area contributed by atoms with E-state index in [9.17, 15) is 0 Å². The van der Waals surface area contributed by atoms with Gasteiger partial charge in [0.05, 0.1) is 5.52 Å². The highest BCUT2D eigenvalue weighted by Crippen LogP contribution is 2.39. The van der Waals surface area contributed by atoms with Gasteiger partial charge in [-0.15, -0.1) is 0 Å². The number of hydrogen-bond acceptors (Lipinski definition) is 3. The molecule has 0 spiro atoms. The molecule has 1 aromatic heterocycles. The molecule has 3 nitrogen and oxygen atoms in total. The average molecular weight is 302 g/mol. The van der Waals surface area contributed by atoms with Crippen molar-refractivity contribution in [1.82, 2.24) is 9.97 Å². The first-order valence-corrected chi connectivity index (χ1v) is 8.39. The number of para-hydroxylation sites is 1. The molecular weight excluding hydrogens is 282 g/mol. The maximum atomic E-state index is 6.17. The second-order valence-corrected chi connectivity index (χ2v) is 6.62. The quantitative estimate of drug-likeness (QED) is 0.729. The van der Waals surface area contributed by atoms with Crippen LogP contribution < -0.4 is 4.90 Å². The van der Waals surface area contributed by atoms with E-state index in [0.29, 0.717) is 11.3 Å². The van der Waals surface area contributed by atoms with Crippen LogP contribution in [0.2, 0.25) is 5.28 Å². The zero-order chi connectivity index (χ0) is 14.2. The molecule has 4 rings (SSSR count). The molecule has 2 heterocycles. The van der Waals surface area contributed by atoms with Crippen molar-refractivity contribution in [3.8, 4) is 0 Å². The number of halogens is 1. The van der Waals surface area contributed by atoms with Gasteiger partial charge in [0, 0.05) is 18.0 Å². The first-order valence-electron chi connectivity index (χ1n) is 8.02. The van der Waals surface area contributed by atoms with Crippen LogP contribution in [-0.2, 0) is 0 Å². The van der Waals surface area contributed by atoms with Crippen molar-refractivity contribution in [1.29, 1.82) is 0 Å². The van der Waals surface area contributed by atoms with Gasteiger partial charge in [-0.2, -0.15) is 4.98 Å². The average Bonchev–Trinajstić information content (AvgIpc) is 2.53. The third kappa shape index (κ3) is 2.38. The third-order valence-corrected chi connectivity index (χ3v) is 5.24. The Morgan fingerprint density at radius 3 is 2.76 bits per heavy atom. The van der Waals surface area contributed by atoms with Gasteiger partial charge < -0.3 is 4.90 Å². The standard InChI is InChI=1S/C17H20ClN3/c18-17-19-14-9-3-2-8-13(14)16(20-17)21-11-5-7-12-6-1-4-10-15(12)21/h2-3,8-9,12,15H,1,4-7,10-11H2/t12-,15-/m1/s1. The van der Waals surface area contributed by atoms with Crippen molar-refractivity contribution in [3.63, 3.8) is 0 Å². The molecule has 21 heavy (non-hydrogen) atoms. The van der Waals surface area contributed by atoms with Crippen molar-refractivity contribution in [2.24, 2.45) is 5.92 Å². The molecule has 0 radical (unpaired) electrons. The van der Waals surface area contributed by atoms with Crippen LogP contribution in [0.15, 0.2) is 24.3 Å². The van der Waals surface area contributed by atoms with E-state index < -0.39 is 0 Å². The van der Waals surface area contributed by atoms with Gasteiger partial charge in [0.1, 0.15) is 5.82 Å². The Hall–Kier alpha value is -1.35. The molecule has 2 aliphatic rings. The van der Waals surface area contributed by atoms with E-state index in [0.717, 1.165) is 29.2 Å². The first kappa shape index (κ1) is 13.3. The Bertz CT molecular complexity index is 656. The summed E-state index contributed by atoms with van der Waals surface area (Å²) in [5.74, 6) is 1.88. The second kappa shape index (κ2) is 5.45. The highest BCUT2D eigenvalue weighted by Gasteiger charge is 2.34. The molecule has 4 heteroatoms. The van der Waals surface area contributed by atoms with Gasteiger partial charge >= 0.3 is 0 Å². The lowest BCUT2D eigenvalue weighted by Crippen LogP contribution is -2.47. The molecule has 0 N–H and O–H groups in total. The van der Waals surface area contributed by atoms with Crippen LogP contribution in [0.4, 0.5) is 5.82 Å². The summed E-state index contributed by atoms with van der Waals surface area (Å²) in [5.41, 5.74) is 0.949. The lowest BCUT2D eigenvalue weighted by molar-refractivity contribution is 0.243. The third-order valence-electron chi connectivity index (χ3n) is 5.07. The van der Waals surface area contributed by atoms with Gasteiger partial charge in [-0.25, -0.2) is 4.98 Å². The van der Waals surface area contributed by atoms with Gasteiger partial charge in [0.15, 0.2) is 0 Å². The first-order chi connectivity index (χ1) is 10.3. The summed E-state index contributed by atoms with van der Waals surface area (Å²) in [7, 11) is 0. The summed E-state index contributed by atoms with van der Waals surface area (Å²) >= 11 is 6.17. The fourth-order valence-electron chi connectivity index (χ4n) is 4.14. The van der Waals surface area contributed by atoms with E-state index in [-0.39, 0.29) is 0 Å². The van der Waals surface area contributed by atoms with Crippen LogP contribution in [0.25, 0.3) is 10.9 Å². The lowest BCUT2D eigenvalue weighted by Gasteiger charge is -2.45. The fourth-order valence-corrected chi connectivity index (χ4v) is 4.31. The topological polar surface area (TPSA) is 29.0 Å². The Kier molecular flexibility index (Phi) is 3.46. The maximum Gasteiger partial charge on any atom is 0.224 e. The Labute approximate surface area is 130 Å². The zero-order valence-corrected chi connectivity index (χ0v) is 12.9. The molecule has 1 aliphatic carbocycles. The number of fused-ring (bicyclic) bond motifs is 2. The largest absolute Gasteiger partial charge is 0.353 e. The van der Waals surface area contributed by atoms with E-state index in [1.54, 1.807) is 0 Å². The van der Waals surface area contributed by atoms with Crippen molar-refractivity contribution in [3.05, 3.63) is 29.5 Å². The molecule has 0 amide bonds. The summed E-state index contributed by atoms with van der Waals surface area (Å²) in [6.45, 7) is 1.10. The zero-order valence-electron chi connectivity index (χ0n) is 12.1. The number of rotatable bonds is 1. The minimum absolute atomic E-state index is 0.363. The highest BCUT2D eigenvalue weighted by molar-refractivity contribution is 6.28. The van der Waals surface area contributed by atoms with Gasteiger partial charge in [-0.3, -0.25) is 0 Å². The van der Waals surface area contributed by atoms with Crippen LogP contribution in [0.5, 0.6) is 0 Å². The van der Waals surface area contributed by atoms with E-state index >= 15 is 0 Å². The van der Waals surface area contributed by atoms with E-state index in [1.807, 2.05) is 12.1 Å². The highest BCUT2D eigenvalue weighted by atomic mass is 35.5.